The zero-order valence-electron chi connectivity index (χ0n) is 9.95. The van der Waals surface area contributed by atoms with Gasteiger partial charge in [0.15, 0.2) is 0 Å². The molecule has 0 aliphatic heterocycles. The lowest BCUT2D eigenvalue weighted by Gasteiger charge is -2.09. The number of anilines is 1. The molecule has 0 atom stereocenters. The molecule has 0 saturated heterocycles. The number of benzene rings is 2. The molecule has 0 unspecified atom stereocenters. The zero-order chi connectivity index (χ0) is 13.2. The molecule has 0 saturated carbocycles. The molecule has 1 heterocycles. The van der Waals surface area contributed by atoms with E-state index in [2.05, 4.69) is 31.4 Å². The summed E-state index contributed by atoms with van der Waals surface area (Å²) >= 11 is 3.36. The molecule has 0 spiro atoms. The molecule has 0 bridgehead atoms. The Hall–Kier alpha value is -1.88. The number of aromatic nitrogens is 2. The molecule has 1 aromatic heterocycles. The van der Waals surface area contributed by atoms with Crippen LogP contribution in [0.1, 0.15) is 5.56 Å². The van der Waals surface area contributed by atoms with Gasteiger partial charge in [-0.25, -0.2) is 4.39 Å². The zero-order valence-corrected chi connectivity index (χ0v) is 11.5. The third-order valence-corrected chi connectivity index (χ3v) is 3.70. The van der Waals surface area contributed by atoms with Crippen molar-refractivity contribution in [2.75, 3.05) is 5.32 Å². The van der Waals surface area contributed by atoms with Crippen molar-refractivity contribution in [3.63, 3.8) is 0 Å². The topological polar surface area (TPSA) is 40.7 Å². The molecular weight excluding hydrogens is 309 g/mol. The third-order valence-electron chi connectivity index (χ3n) is 2.96. The number of rotatable bonds is 3. The number of hydrogen-bond acceptors (Lipinski definition) is 2. The van der Waals surface area contributed by atoms with E-state index >= 15 is 0 Å². The van der Waals surface area contributed by atoms with Crippen LogP contribution >= 0.6 is 15.9 Å². The lowest BCUT2D eigenvalue weighted by molar-refractivity contribution is 0.626. The van der Waals surface area contributed by atoms with E-state index in [9.17, 15) is 4.39 Å². The van der Waals surface area contributed by atoms with E-state index < -0.39 is 0 Å². The maximum atomic E-state index is 13.0. The maximum Gasteiger partial charge on any atom is 0.124 e. The van der Waals surface area contributed by atoms with Gasteiger partial charge >= 0.3 is 0 Å². The van der Waals surface area contributed by atoms with Crippen LogP contribution in [0.5, 0.6) is 0 Å². The molecule has 3 rings (SSSR count). The molecule has 19 heavy (non-hydrogen) atoms. The second kappa shape index (κ2) is 5.01. The minimum Gasteiger partial charge on any atom is -0.379 e. The Bertz CT molecular complexity index is 724. The van der Waals surface area contributed by atoms with E-state index in [1.807, 2.05) is 18.2 Å². The SMILES string of the molecule is Fc1ccc(CNc2cccc3cn[nH]c23)c(Br)c1. The fraction of sp³-hybridized carbons (Fsp3) is 0.0714. The maximum absolute atomic E-state index is 13.0. The Labute approximate surface area is 118 Å². The van der Waals surface area contributed by atoms with Gasteiger partial charge in [-0.05, 0) is 23.8 Å². The highest BCUT2D eigenvalue weighted by Gasteiger charge is 2.04. The van der Waals surface area contributed by atoms with Crippen LogP contribution in [0, 0.1) is 5.82 Å². The Balaban J connectivity index is 1.84. The average Bonchev–Trinajstić information content (AvgIpc) is 2.86. The van der Waals surface area contributed by atoms with Crippen LogP contribution in [0.3, 0.4) is 0 Å². The first-order valence-electron chi connectivity index (χ1n) is 5.84. The molecule has 3 aromatic rings. The van der Waals surface area contributed by atoms with Gasteiger partial charge in [-0.3, -0.25) is 5.10 Å². The number of para-hydroxylation sites is 1. The first-order chi connectivity index (χ1) is 9.24. The van der Waals surface area contributed by atoms with Gasteiger partial charge < -0.3 is 5.32 Å². The quantitative estimate of drug-likeness (QED) is 0.763. The van der Waals surface area contributed by atoms with E-state index in [1.54, 1.807) is 12.3 Å². The molecule has 0 fully saturated rings. The van der Waals surface area contributed by atoms with Gasteiger partial charge in [0.05, 0.1) is 17.4 Å². The van der Waals surface area contributed by atoms with E-state index in [0.29, 0.717) is 6.54 Å². The molecule has 96 valence electrons. The predicted molar refractivity (Wildman–Crippen MR) is 77.5 cm³/mol. The van der Waals surface area contributed by atoms with Gasteiger partial charge in [-0.15, -0.1) is 0 Å². The predicted octanol–water partition coefficient (Wildman–Crippen LogP) is 4.08. The minimum atomic E-state index is -0.244. The monoisotopic (exact) mass is 319 g/mol. The van der Waals surface area contributed by atoms with Crippen LogP contribution in [0.4, 0.5) is 10.1 Å². The standard InChI is InChI=1S/C14H11BrFN3/c15-12-6-11(16)5-4-9(12)7-17-13-3-1-2-10-8-18-19-14(10)13/h1-6,8,17H,7H2,(H,18,19). The van der Waals surface area contributed by atoms with Crippen molar-refractivity contribution in [3.05, 3.63) is 58.4 Å². The van der Waals surface area contributed by atoms with Crippen LogP contribution < -0.4 is 5.32 Å². The van der Waals surface area contributed by atoms with Crippen molar-refractivity contribution < 1.29 is 4.39 Å². The second-order valence-corrected chi connectivity index (χ2v) is 5.08. The van der Waals surface area contributed by atoms with Crippen LogP contribution in [-0.4, -0.2) is 10.2 Å². The first-order valence-corrected chi connectivity index (χ1v) is 6.63. The Morgan fingerprint density at radius 3 is 3.00 bits per heavy atom. The van der Waals surface area contributed by atoms with Crippen LogP contribution in [-0.2, 0) is 6.54 Å². The van der Waals surface area contributed by atoms with Gasteiger partial charge in [0.1, 0.15) is 5.82 Å². The highest BCUT2D eigenvalue weighted by atomic mass is 79.9. The summed E-state index contributed by atoms with van der Waals surface area (Å²) in [6.07, 6.45) is 1.79. The molecule has 0 aliphatic rings. The highest BCUT2D eigenvalue weighted by Crippen LogP contribution is 2.23. The minimum absolute atomic E-state index is 0.244. The number of nitrogens with one attached hydrogen (secondary N) is 2. The fourth-order valence-corrected chi connectivity index (χ4v) is 2.46. The summed E-state index contributed by atoms with van der Waals surface area (Å²) in [7, 11) is 0. The number of halogens is 2. The van der Waals surface area contributed by atoms with Crippen molar-refractivity contribution in [2.45, 2.75) is 6.54 Å². The summed E-state index contributed by atoms with van der Waals surface area (Å²) in [4.78, 5) is 0. The lowest BCUT2D eigenvalue weighted by atomic mass is 10.2. The summed E-state index contributed by atoms with van der Waals surface area (Å²) < 4.78 is 13.8. The molecule has 0 amide bonds. The average molecular weight is 320 g/mol. The number of H-pyrrole nitrogens is 1. The fourth-order valence-electron chi connectivity index (χ4n) is 1.97. The third kappa shape index (κ3) is 2.46. The van der Waals surface area contributed by atoms with Gasteiger partial charge in [0.2, 0.25) is 0 Å². The summed E-state index contributed by atoms with van der Waals surface area (Å²) in [6.45, 7) is 0.610. The highest BCUT2D eigenvalue weighted by molar-refractivity contribution is 9.10. The molecule has 5 heteroatoms. The molecule has 2 N–H and O–H groups in total. The van der Waals surface area contributed by atoms with Crippen molar-refractivity contribution in [1.82, 2.24) is 10.2 Å². The van der Waals surface area contributed by atoms with Crippen molar-refractivity contribution in [3.8, 4) is 0 Å². The summed E-state index contributed by atoms with van der Waals surface area (Å²) in [5.74, 6) is -0.244. The number of aromatic amines is 1. The van der Waals surface area contributed by atoms with Crippen molar-refractivity contribution in [1.29, 1.82) is 0 Å². The molecule has 0 radical (unpaired) electrons. The number of fused-ring (bicyclic) bond motifs is 1. The second-order valence-electron chi connectivity index (χ2n) is 4.23. The number of hydrogen-bond donors (Lipinski definition) is 2. The summed E-state index contributed by atoms with van der Waals surface area (Å²) in [6, 6.07) is 10.6. The smallest absolute Gasteiger partial charge is 0.124 e. The summed E-state index contributed by atoms with van der Waals surface area (Å²) in [5, 5.41) is 11.4. The largest absolute Gasteiger partial charge is 0.379 e. The van der Waals surface area contributed by atoms with Crippen molar-refractivity contribution in [2.24, 2.45) is 0 Å². The van der Waals surface area contributed by atoms with Gasteiger partial charge in [-0.1, -0.05) is 34.1 Å². The van der Waals surface area contributed by atoms with Gasteiger partial charge in [-0.2, -0.15) is 5.10 Å². The van der Waals surface area contributed by atoms with E-state index in [-0.39, 0.29) is 5.82 Å². The Morgan fingerprint density at radius 1 is 1.26 bits per heavy atom. The van der Waals surface area contributed by atoms with E-state index in [1.165, 1.54) is 12.1 Å². The molecule has 3 nitrogen and oxygen atoms in total. The van der Waals surface area contributed by atoms with Crippen LogP contribution in [0.15, 0.2) is 47.1 Å². The normalized spacial score (nSPS) is 10.8. The van der Waals surface area contributed by atoms with E-state index in [0.717, 1.165) is 26.6 Å². The lowest BCUT2D eigenvalue weighted by Crippen LogP contribution is -2.01. The molecular formula is C14H11BrFN3. The van der Waals surface area contributed by atoms with Crippen molar-refractivity contribution >= 4 is 32.5 Å². The first kappa shape index (κ1) is 12.2. The van der Waals surface area contributed by atoms with Crippen LogP contribution in [0.2, 0.25) is 0 Å². The Morgan fingerprint density at radius 2 is 2.16 bits per heavy atom. The Kier molecular flexibility index (Phi) is 3.21. The van der Waals surface area contributed by atoms with Gasteiger partial charge in [0.25, 0.3) is 0 Å². The van der Waals surface area contributed by atoms with Gasteiger partial charge in [0, 0.05) is 16.4 Å². The number of nitrogens with zero attached hydrogens (tertiary/aromatic N) is 1. The summed E-state index contributed by atoms with van der Waals surface area (Å²) in [5.41, 5.74) is 2.95. The van der Waals surface area contributed by atoms with Crippen LogP contribution in [0.25, 0.3) is 10.9 Å². The molecule has 0 aliphatic carbocycles. The van der Waals surface area contributed by atoms with E-state index in [4.69, 9.17) is 0 Å². The molecule has 2 aromatic carbocycles.